The molecular weight excluding hydrogens is 368 g/mol. The molecule has 0 aliphatic heterocycles. The highest BCUT2D eigenvalue weighted by Gasteiger charge is 2.30. The summed E-state index contributed by atoms with van der Waals surface area (Å²) in [6, 6.07) is 16.2. The maximum Gasteiger partial charge on any atom is 0.314 e. The van der Waals surface area contributed by atoms with Crippen molar-refractivity contribution in [3.8, 4) is 0 Å². The Bertz CT molecular complexity index is 834. The van der Waals surface area contributed by atoms with Crippen LogP contribution < -0.4 is 10.6 Å². The lowest BCUT2D eigenvalue weighted by atomic mass is 9.85. The number of hydrogen-bond donors (Lipinski definition) is 2. The van der Waals surface area contributed by atoms with E-state index in [-0.39, 0.29) is 11.8 Å². The number of nitrogens with one attached hydrogen (secondary N) is 2. The van der Waals surface area contributed by atoms with Gasteiger partial charge < -0.3 is 15.4 Å². The van der Waals surface area contributed by atoms with Crippen LogP contribution in [0.2, 0.25) is 0 Å². The van der Waals surface area contributed by atoms with Crippen LogP contribution in [0.15, 0.2) is 54.6 Å². The van der Waals surface area contributed by atoms with Crippen molar-refractivity contribution in [2.45, 2.75) is 46.1 Å². The smallest absolute Gasteiger partial charge is 0.314 e. The van der Waals surface area contributed by atoms with E-state index in [1.165, 1.54) is 6.92 Å². The number of carbonyl (C=O) groups excluding carboxylic acids is 3. The standard InChI is InChI=1S/C23H28N2O4/c1-5-15(2)21(18-9-7-6-8-10-18)23(28)29-16(3)22(27)25-20-13-11-19(12-14-20)24-17(4)26/h6-16,21H,5H2,1-4H3,(H,24,26)(H,25,27)/t15-,16-,21-/m0/s1. The number of esters is 1. The van der Waals surface area contributed by atoms with E-state index in [0.29, 0.717) is 11.4 Å². The summed E-state index contributed by atoms with van der Waals surface area (Å²) < 4.78 is 5.49. The van der Waals surface area contributed by atoms with E-state index in [4.69, 9.17) is 4.74 Å². The van der Waals surface area contributed by atoms with Crippen LogP contribution in [-0.4, -0.2) is 23.9 Å². The molecule has 0 saturated heterocycles. The summed E-state index contributed by atoms with van der Waals surface area (Å²) in [5.41, 5.74) is 2.07. The van der Waals surface area contributed by atoms with Gasteiger partial charge in [0.2, 0.25) is 5.91 Å². The Kier molecular flexibility index (Phi) is 7.95. The third-order valence-electron chi connectivity index (χ3n) is 4.76. The summed E-state index contributed by atoms with van der Waals surface area (Å²) in [6.45, 7) is 7.00. The van der Waals surface area contributed by atoms with Crippen molar-refractivity contribution >= 4 is 29.2 Å². The Hall–Kier alpha value is -3.15. The Morgan fingerprint density at radius 2 is 1.45 bits per heavy atom. The second-order valence-electron chi connectivity index (χ2n) is 7.10. The third-order valence-corrected chi connectivity index (χ3v) is 4.76. The zero-order chi connectivity index (χ0) is 21.4. The third kappa shape index (κ3) is 6.45. The first-order valence-electron chi connectivity index (χ1n) is 9.75. The minimum atomic E-state index is -0.937. The Labute approximate surface area is 171 Å². The molecule has 6 heteroatoms. The van der Waals surface area contributed by atoms with Gasteiger partial charge in [-0.05, 0) is 42.7 Å². The first-order chi connectivity index (χ1) is 13.8. The molecule has 2 aromatic carbocycles. The SMILES string of the molecule is CC[C@H](C)[C@H](C(=O)O[C@@H](C)C(=O)Nc1ccc(NC(C)=O)cc1)c1ccccc1. The summed E-state index contributed by atoms with van der Waals surface area (Å²) in [7, 11) is 0. The molecule has 3 atom stereocenters. The van der Waals surface area contributed by atoms with E-state index in [9.17, 15) is 14.4 Å². The number of benzene rings is 2. The van der Waals surface area contributed by atoms with Gasteiger partial charge in [0.05, 0.1) is 5.92 Å². The van der Waals surface area contributed by atoms with Gasteiger partial charge in [-0.2, -0.15) is 0 Å². The summed E-state index contributed by atoms with van der Waals surface area (Å²) in [4.78, 5) is 36.3. The van der Waals surface area contributed by atoms with E-state index >= 15 is 0 Å². The highest BCUT2D eigenvalue weighted by molar-refractivity contribution is 5.96. The lowest BCUT2D eigenvalue weighted by Gasteiger charge is -2.24. The Balaban J connectivity index is 2.01. The second kappa shape index (κ2) is 10.4. The molecule has 2 N–H and O–H groups in total. The predicted octanol–water partition coefficient (Wildman–Crippen LogP) is 4.35. The van der Waals surface area contributed by atoms with Gasteiger partial charge in [-0.15, -0.1) is 0 Å². The van der Waals surface area contributed by atoms with Crippen LogP contribution in [0, 0.1) is 5.92 Å². The maximum atomic E-state index is 12.8. The average Bonchev–Trinajstić information content (AvgIpc) is 2.69. The molecule has 0 saturated carbocycles. The number of anilines is 2. The average molecular weight is 396 g/mol. The van der Waals surface area contributed by atoms with Gasteiger partial charge in [0.15, 0.2) is 6.10 Å². The molecule has 29 heavy (non-hydrogen) atoms. The summed E-state index contributed by atoms with van der Waals surface area (Å²) >= 11 is 0. The maximum absolute atomic E-state index is 12.8. The van der Waals surface area contributed by atoms with Gasteiger partial charge in [0.25, 0.3) is 5.91 Å². The fourth-order valence-electron chi connectivity index (χ4n) is 2.98. The van der Waals surface area contributed by atoms with Gasteiger partial charge in [-0.1, -0.05) is 50.6 Å². The van der Waals surface area contributed by atoms with Crippen LogP contribution in [0.25, 0.3) is 0 Å². The lowest BCUT2D eigenvalue weighted by molar-refractivity contribution is -0.155. The van der Waals surface area contributed by atoms with Crippen molar-refractivity contribution in [3.05, 3.63) is 60.2 Å². The summed E-state index contributed by atoms with van der Waals surface area (Å²) in [5, 5.41) is 5.38. The molecule has 2 rings (SSSR count). The topological polar surface area (TPSA) is 84.5 Å². The zero-order valence-corrected chi connectivity index (χ0v) is 17.3. The monoisotopic (exact) mass is 396 g/mol. The molecule has 0 bridgehead atoms. The fraction of sp³-hybridized carbons (Fsp3) is 0.348. The van der Waals surface area contributed by atoms with Crippen LogP contribution in [-0.2, 0) is 19.1 Å². The normalized spacial score (nSPS) is 13.7. The van der Waals surface area contributed by atoms with Crippen molar-refractivity contribution in [1.29, 1.82) is 0 Å². The number of rotatable bonds is 8. The van der Waals surface area contributed by atoms with Gasteiger partial charge in [0, 0.05) is 18.3 Å². The Morgan fingerprint density at radius 3 is 1.97 bits per heavy atom. The van der Waals surface area contributed by atoms with Crippen LogP contribution in [0.5, 0.6) is 0 Å². The molecule has 154 valence electrons. The van der Waals surface area contributed by atoms with Crippen molar-refractivity contribution in [3.63, 3.8) is 0 Å². The molecule has 0 radical (unpaired) electrons. The molecule has 0 aliphatic carbocycles. The van der Waals surface area contributed by atoms with Gasteiger partial charge in [0.1, 0.15) is 0 Å². The van der Waals surface area contributed by atoms with Gasteiger partial charge >= 0.3 is 5.97 Å². The minimum Gasteiger partial charge on any atom is -0.452 e. The van der Waals surface area contributed by atoms with Crippen LogP contribution in [0.4, 0.5) is 11.4 Å². The highest BCUT2D eigenvalue weighted by atomic mass is 16.5. The molecule has 0 heterocycles. The molecule has 0 aromatic heterocycles. The van der Waals surface area contributed by atoms with Crippen LogP contribution in [0.3, 0.4) is 0 Å². The first kappa shape index (κ1) is 22.1. The minimum absolute atomic E-state index is 0.0847. The predicted molar refractivity (Wildman–Crippen MR) is 114 cm³/mol. The van der Waals surface area contributed by atoms with E-state index < -0.39 is 23.9 Å². The molecule has 0 aliphatic rings. The number of hydrogen-bond acceptors (Lipinski definition) is 4. The van der Waals surface area contributed by atoms with Gasteiger partial charge in [-0.25, -0.2) is 0 Å². The van der Waals surface area contributed by atoms with E-state index in [1.807, 2.05) is 44.2 Å². The van der Waals surface area contributed by atoms with Crippen LogP contribution in [0.1, 0.15) is 45.6 Å². The van der Waals surface area contributed by atoms with Crippen LogP contribution >= 0.6 is 0 Å². The van der Waals surface area contributed by atoms with E-state index in [2.05, 4.69) is 10.6 Å². The summed E-state index contributed by atoms with van der Waals surface area (Å²) in [6.07, 6.45) is -0.122. The highest BCUT2D eigenvalue weighted by Crippen LogP contribution is 2.28. The number of carbonyl (C=O) groups is 3. The molecule has 0 fully saturated rings. The summed E-state index contributed by atoms with van der Waals surface area (Å²) in [5.74, 6) is -1.33. The Morgan fingerprint density at radius 1 is 0.897 bits per heavy atom. The van der Waals surface area contributed by atoms with Crippen molar-refractivity contribution in [2.24, 2.45) is 5.92 Å². The van der Waals surface area contributed by atoms with E-state index in [1.54, 1.807) is 31.2 Å². The second-order valence-corrected chi connectivity index (χ2v) is 7.10. The molecule has 0 unspecified atom stereocenters. The lowest BCUT2D eigenvalue weighted by Crippen LogP contribution is -2.33. The molecule has 2 amide bonds. The first-order valence-corrected chi connectivity index (χ1v) is 9.75. The largest absolute Gasteiger partial charge is 0.452 e. The van der Waals surface area contributed by atoms with E-state index in [0.717, 1.165) is 12.0 Å². The van der Waals surface area contributed by atoms with Gasteiger partial charge in [-0.3, -0.25) is 14.4 Å². The quantitative estimate of drug-likeness (QED) is 0.650. The fourth-order valence-corrected chi connectivity index (χ4v) is 2.98. The van der Waals surface area contributed by atoms with Crippen molar-refractivity contribution in [1.82, 2.24) is 0 Å². The molecule has 2 aromatic rings. The van der Waals surface area contributed by atoms with Crippen molar-refractivity contribution < 1.29 is 19.1 Å². The number of amides is 2. The molecular formula is C23H28N2O4. The number of ether oxygens (including phenoxy) is 1. The zero-order valence-electron chi connectivity index (χ0n) is 17.3. The molecule has 6 nitrogen and oxygen atoms in total. The molecule has 0 spiro atoms. The van der Waals surface area contributed by atoms with Crippen molar-refractivity contribution in [2.75, 3.05) is 10.6 Å².